The maximum absolute atomic E-state index is 11.9. The molecule has 0 saturated carbocycles. The largest absolute Gasteiger partial charge is 0.490 e. The average Bonchev–Trinajstić information content (AvgIpc) is 1.65. The zero-order valence-electron chi connectivity index (χ0n) is 60.7. The Labute approximate surface area is 697 Å². The SMILES string of the molecule is CC(C)C=O.CC(C)c1nnc2c(Cl)nc(Br)cn12.Cc1ccc(CCN)cc1.Cc1ccc(CCNc2nc(Br)cn3c(C(C)C)nnc23)cc1.Cc1cncc(B(O)O)c1.NNc1ncc(Br)nc1Cl.NNc1nccnc1Cl.O=C(CNc1ncc(Br)nc1Cl)C(F)(F)F.O=C(CNc1nccnc1Cl)C(F)(F)F. The molecule has 0 aliphatic carbocycles. The van der Waals surface area contributed by atoms with Gasteiger partial charge in [0.1, 0.15) is 36.3 Å². The Kier molecular flexibility index (Phi) is 43.9. The lowest BCUT2D eigenvalue weighted by Crippen LogP contribution is -2.30. The lowest BCUT2D eigenvalue weighted by atomic mass is 9.81. The summed E-state index contributed by atoms with van der Waals surface area (Å²) in [6.45, 7) is 17.8. The van der Waals surface area contributed by atoms with Gasteiger partial charge in [0.25, 0.3) is 11.6 Å². The van der Waals surface area contributed by atoms with Gasteiger partial charge in [-0.15, -0.1) is 20.4 Å². The average molecular weight is 1920 g/mol. The molecule has 2 aromatic carbocycles. The minimum absolute atomic E-state index is 0.0585. The Morgan fingerprint density at radius 1 is 0.518 bits per heavy atom. The number of Topliss-reactive ketones (excluding diaryl/α,β-unsaturated/α-hetero) is 2. The molecule has 9 aromatic heterocycles. The van der Waals surface area contributed by atoms with E-state index in [4.69, 9.17) is 85.5 Å². The van der Waals surface area contributed by atoms with Crippen LogP contribution in [-0.2, 0) is 27.2 Å². The smallest absolute Gasteiger partial charge is 0.423 e. The van der Waals surface area contributed by atoms with Crippen LogP contribution in [0.4, 0.5) is 55.4 Å². The zero-order chi connectivity index (χ0) is 84.0. The lowest BCUT2D eigenvalue weighted by Gasteiger charge is -2.09. The summed E-state index contributed by atoms with van der Waals surface area (Å²) >= 11 is 40.9. The Bertz CT molecular complexity index is 4730. The Morgan fingerprint density at radius 2 is 0.920 bits per heavy atom. The summed E-state index contributed by atoms with van der Waals surface area (Å²) in [6.07, 6.45) is 8.18. The molecule has 0 atom stereocenters. The van der Waals surface area contributed by atoms with Gasteiger partial charge in [0, 0.05) is 79.3 Å². The number of anilines is 5. The molecule has 0 spiro atoms. The number of fused-ring (bicyclic) bond motifs is 2. The number of benzene rings is 2. The number of pyridine rings is 1. The van der Waals surface area contributed by atoms with E-state index < -0.39 is 44.1 Å². The number of hydrogen-bond donors (Lipinski definition) is 10. The number of ketones is 2. The van der Waals surface area contributed by atoms with Gasteiger partial charge in [-0.25, -0.2) is 61.5 Å². The molecule has 0 saturated heterocycles. The van der Waals surface area contributed by atoms with Gasteiger partial charge in [0.15, 0.2) is 60.5 Å². The summed E-state index contributed by atoms with van der Waals surface area (Å²) in [5.74, 6) is 10.2. The molecule has 46 heteroatoms. The molecule has 0 aliphatic heterocycles. The highest BCUT2D eigenvalue weighted by Gasteiger charge is 2.38. The molecule has 9 heterocycles. The van der Waals surface area contributed by atoms with Gasteiger partial charge < -0.3 is 47.4 Å². The van der Waals surface area contributed by atoms with Crippen LogP contribution in [0, 0.1) is 26.7 Å². The molecule has 11 rings (SSSR count). The predicted molar refractivity (Wildman–Crippen MR) is 435 cm³/mol. The molecule has 0 unspecified atom stereocenters. The summed E-state index contributed by atoms with van der Waals surface area (Å²) in [5.41, 5.74) is 17.9. The van der Waals surface area contributed by atoms with Crippen molar-refractivity contribution in [1.29, 1.82) is 0 Å². The number of hydrogen-bond acceptors (Lipinski definition) is 28. The first-order chi connectivity index (χ1) is 52.7. The van der Waals surface area contributed by atoms with Crippen molar-refractivity contribution < 1.29 is 50.8 Å². The van der Waals surface area contributed by atoms with Gasteiger partial charge in [-0.1, -0.05) is 165 Å². The number of aryl methyl sites for hydroxylation is 3. The number of aromatic nitrogens is 17. The highest BCUT2D eigenvalue weighted by Crippen LogP contribution is 2.26. The Balaban J connectivity index is 0.000000335. The van der Waals surface area contributed by atoms with E-state index in [0.717, 1.165) is 65.5 Å². The minimum atomic E-state index is -4.87. The number of aldehydes is 1. The molecular weight excluding hydrogens is 1840 g/mol. The first-order valence-electron chi connectivity index (χ1n) is 32.4. The molecule has 602 valence electrons. The molecular formula is C66H75BBr4Cl5F6N25O5. The van der Waals surface area contributed by atoms with E-state index in [1.807, 2.05) is 42.0 Å². The van der Waals surface area contributed by atoms with Crippen molar-refractivity contribution in [2.45, 2.75) is 99.3 Å². The van der Waals surface area contributed by atoms with E-state index in [2.05, 4.69) is 256 Å². The van der Waals surface area contributed by atoms with Crippen molar-refractivity contribution in [3.63, 3.8) is 0 Å². The summed E-state index contributed by atoms with van der Waals surface area (Å²) < 4.78 is 77.1. The van der Waals surface area contributed by atoms with Crippen molar-refractivity contribution in [1.82, 2.24) is 84.0 Å². The molecule has 0 radical (unpaired) electrons. The Morgan fingerprint density at radius 3 is 1.31 bits per heavy atom. The van der Waals surface area contributed by atoms with E-state index in [-0.39, 0.29) is 38.2 Å². The number of rotatable bonds is 18. The van der Waals surface area contributed by atoms with Gasteiger partial charge >= 0.3 is 19.5 Å². The fraction of sp³-hybridized carbons (Fsp3) is 0.303. The quantitative estimate of drug-likeness (QED) is 0.0125. The molecule has 0 aliphatic rings. The summed E-state index contributed by atoms with van der Waals surface area (Å²) in [4.78, 5) is 72.5. The monoisotopic (exact) mass is 1910 g/mol. The van der Waals surface area contributed by atoms with Crippen molar-refractivity contribution in [2.75, 3.05) is 53.0 Å². The van der Waals surface area contributed by atoms with Crippen molar-refractivity contribution in [3.05, 3.63) is 200 Å². The van der Waals surface area contributed by atoms with E-state index >= 15 is 0 Å². The number of nitrogens with two attached hydrogens (primary N) is 3. The number of halogens is 15. The second-order valence-electron chi connectivity index (χ2n) is 23.2. The highest BCUT2D eigenvalue weighted by atomic mass is 79.9. The molecule has 112 heavy (non-hydrogen) atoms. The summed E-state index contributed by atoms with van der Waals surface area (Å²) in [7, 11) is -1.41. The number of nitrogens with zero attached hydrogens (tertiary/aromatic N) is 17. The van der Waals surface area contributed by atoms with Gasteiger partial charge in [-0.3, -0.25) is 23.4 Å². The van der Waals surface area contributed by atoms with Crippen LogP contribution >= 0.6 is 122 Å². The van der Waals surface area contributed by atoms with Gasteiger partial charge in [-0.05, 0) is 121 Å². The first-order valence-corrected chi connectivity index (χ1v) is 37.5. The van der Waals surface area contributed by atoms with Crippen LogP contribution in [0.3, 0.4) is 0 Å². The number of carbonyl (C=O) groups is 3. The van der Waals surface area contributed by atoms with E-state index in [0.29, 0.717) is 53.5 Å². The molecule has 0 bridgehead atoms. The number of alkyl halides is 6. The maximum Gasteiger partial charge on any atom is 0.490 e. The van der Waals surface area contributed by atoms with Crippen molar-refractivity contribution in [2.24, 2.45) is 23.3 Å². The normalized spacial score (nSPS) is 10.6. The number of carbonyl (C=O) groups excluding carboxylic acids is 3. The van der Waals surface area contributed by atoms with Crippen LogP contribution in [0.5, 0.6) is 0 Å². The standard InChI is InChI=1S/C17H20BrN5.C9H13N.C8H8BrClN4.C7H4BrClF3N3O.C7H5ClF3N3O.C6H8BNO2.C4H4BrClN4.C4H5ClN4.C4H8O/c1-11(2)16-21-22-17-15(20-14(18)10-23(16)17)19-9-8-13-6-4-12(3)5-7-13;1-8-2-4-9(5-3-8)6-7-10;1-4(2)7-12-13-8-6(10)11-5(9)3-14(7)8;8-4-2-14-6(5(9)15-4)13-1-3(16)7(10,11)12;8-5-6(13-2-1-12-5)14-3-4(15)7(9,10)11;1-5-2-6(7(9)10)4-8-3-5;5-2-1-8-4(10-7)3(6)9-2;5-3-4(9-6)8-2-1-7-3;1-4(2)3-5/h4-7,10-11H,8-9H2,1-3H3,(H,19,20);2-5H,6-7,10H2,1H3;3-4H,1-2H3;2H,1H2,(H,13,14);1-2H,3H2,(H,13,14);2-4,9-10H,1H3;1H,7H2,(H,8,10);1-2H,6H2,(H,8,9);3-4H,1-2H3. The van der Waals surface area contributed by atoms with E-state index in [1.54, 1.807) is 12.3 Å². The second-order valence-corrected chi connectivity index (χ2v) is 28.2. The van der Waals surface area contributed by atoms with Crippen LogP contribution < -0.4 is 49.7 Å². The topological polar surface area (TPSA) is 432 Å². The lowest BCUT2D eigenvalue weighted by molar-refractivity contribution is -0.169. The number of hydrazine groups is 2. The fourth-order valence-corrected chi connectivity index (χ4v) is 10.2. The summed E-state index contributed by atoms with van der Waals surface area (Å²) in [6, 6.07) is 18.8. The van der Waals surface area contributed by atoms with Crippen LogP contribution in [-0.4, -0.2) is 158 Å². The number of nitrogens with one attached hydrogen (secondary N) is 5. The van der Waals surface area contributed by atoms with E-state index in [9.17, 15) is 40.7 Å². The van der Waals surface area contributed by atoms with Crippen LogP contribution in [0.25, 0.3) is 11.3 Å². The minimum Gasteiger partial charge on any atom is -0.423 e. The second kappa shape index (κ2) is 50.1. The third-order valence-electron chi connectivity index (χ3n) is 13.1. The molecule has 11 aromatic rings. The third-order valence-corrected chi connectivity index (χ3v) is 15.9. The van der Waals surface area contributed by atoms with Gasteiger partial charge in [0.2, 0.25) is 5.65 Å². The van der Waals surface area contributed by atoms with Gasteiger partial charge in [0.05, 0.1) is 25.5 Å². The van der Waals surface area contributed by atoms with Crippen LogP contribution in [0.1, 0.15) is 92.8 Å². The third kappa shape index (κ3) is 36.3. The number of nitrogen functional groups attached to an aromatic ring is 2. The fourth-order valence-electron chi connectivity index (χ4n) is 7.66. The summed E-state index contributed by atoms with van der Waals surface area (Å²) in [5, 5.41) is 42.3. The maximum atomic E-state index is 11.9. The molecule has 0 amide bonds. The highest BCUT2D eigenvalue weighted by molar-refractivity contribution is 9.11. The molecule has 30 nitrogen and oxygen atoms in total. The van der Waals surface area contributed by atoms with Crippen LogP contribution in [0.15, 0.2) is 135 Å². The Hall–Kier alpha value is -8.17. The van der Waals surface area contributed by atoms with Crippen molar-refractivity contribution in [3.8, 4) is 0 Å². The zero-order valence-corrected chi connectivity index (χ0v) is 70.8. The van der Waals surface area contributed by atoms with Gasteiger partial charge in [-0.2, -0.15) is 26.3 Å². The molecule has 13 N–H and O–H groups in total. The van der Waals surface area contributed by atoms with Crippen molar-refractivity contribution >= 4 is 193 Å². The molecule has 0 fully saturated rings. The first kappa shape index (κ1) is 98.0. The predicted octanol–water partition coefficient (Wildman–Crippen LogP) is 13.7. The van der Waals surface area contributed by atoms with E-state index in [1.165, 1.54) is 65.6 Å². The van der Waals surface area contributed by atoms with Crippen LogP contribution in [0.2, 0.25) is 25.8 Å².